The molecule has 7 nitrogen and oxygen atoms in total. The molecular weight excluding hydrogens is 304 g/mol. The van der Waals surface area contributed by atoms with E-state index < -0.39 is 15.9 Å². The Kier molecular flexibility index (Phi) is 3.36. The van der Waals surface area contributed by atoms with Gasteiger partial charge < -0.3 is 0 Å². The van der Waals surface area contributed by atoms with Gasteiger partial charge in [-0.2, -0.15) is 0 Å². The van der Waals surface area contributed by atoms with Crippen molar-refractivity contribution in [3.05, 3.63) is 53.6 Å². The smallest absolute Gasteiger partial charge is 0.274 e. The molecular formula is C14H14N4O3S. The SMILES string of the molecule is NNC(=O)N(N)c1ccc2c(c1)Cc1ccccc1S2(=O)=O. The molecule has 0 bridgehead atoms. The van der Waals surface area contributed by atoms with Gasteiger partial charge >= 0.3 is 6.03 Å². The Morgan fingerprint density at radius 2 is 1.77 bits per heavy atom. The molecule has 1 heterocycles. The van der Waals surface area contributed by atoms with Gasteiger partial charge in [-0.1, -0.05) is 18.2 Å². The number of carbonyl (C=O) groups is 1. The lowest BCUT2D eigenvalue weighted by molar-refractivity contribution is 0.246. The van der Waals surface area contributed by atoms with E-state index in [1.165, 1.54) is 12.1 Å². The second-order valence-corrected chi connectivity index (χ2v) is 6.79. The Bertz CT molecular complexity index is 864. The third-order valence-electron chi connectivity index (χ3n) is 3.60. The third kappa shape index (κ3) is 2.13. The highest BCUT2D eigenvalue weighted by Crippen LogP contribution is 2.35. The van der Waals surface area contributed by atoms with Crippen molar-refractivity contribution in [2.45, 2.75) is 16.2 Å². The van der Waals surface area contributed by atoms with Gasteiger partial charge in [0.05, 0.1) is 15.5 Å². The van der Waals surface area contributed by atoms with Gasteiger partial charge in [-0.05, 0) is 35.4 Å². The molecule has 3 rings (SSSR count). The minimum absolute atomic E-state index is 0.233. The van der Waals surface area contributed by atoms with Gasteiger partial charge in [0.25, 0.3) is 0 Å². The van der Waals surface area contributed by atoms with Crippen LogP contribution in [0.2, 0.25) is 0 Å². The molecule has 5 N–H and O–H groups in total. The van der Waals surface area contributed by atoms with E-state index in [4.69, 9.17) is 11.7 Å². The summed E-state index contributed by atoms with van der Waals surface area (Å²) in [4.78, 5) is 12.0. The van der Waals surface area contributed by atoms with E-state index in [9.17, 15) is 13.2 Å². The van der Waals surface area contributed by atoms with Crippen LogP contribution in [0.5, 0.6) is 0 Å². The van der Waals surface area contributed by atoms with Crippen molar-refractivity contribution < 1.29 is 13.2 Å². The minimum Gasteiger partial charge on any atom is -0.274 e. The topological polar surface area (TPSA) is 119 Å². The monoisotopic (exact) mass is 318 g/mol. The maximum absolute atomic E-state index is 12.6. The van der Waals surface area contributed by atoms with Crippen LogP contribution < -0.4 is 22.1 Å². The predicted molar refractivity (Wildman–Crippen MR) is 80.5 cm³/mol. The van der Waals surface area contributed by atoms with E-state index in [-0.39, 0.29) is 4.90 Å². The number of benzene rings is 2. The van der Waals surface area contributed by atoms with Gasteiger partial charge in [0.1, 0.15) is 0 Å². The number of fused-ring (bicyclic) bond motifs is 2. The molecule has 1 aliphatic rings. The molecule has 0 fully saturated rings. The van der Waals surface area contributed by atoms with Crippen LogP contribution >= 0.6 is 0 Å². The fourth-order valence-electron chi connectivity index (χ4n) is 2.54. The van der Waals surface area contributed by atoms with Crippen molar-refractivity contribution in [2.75, 3.05) is 5.01 Å². The lowest BCUT2D eigenvalue weighted by Gasteiger charge is -2.22. The van der Waals surface area contributed by atoms with Crippen LogP contribution in [0.4, 0.5) is 10.5 Å². The molecule has 0 saturated heterocycles. The molecule has 0 atom stereocenters. The molecule has 1 aliphatic heterocycles. The van der Waals surface area contributed by atoms with Crippen LogP contribution in [0.15, 0.2) is 52.3 Å². The number of nitrogens with two attached hydrogens (primary N) is 2. The van der Waals surface area contributed by atoms with Crippen LogP contribution in [0.3, 0.4) is 0 Å². The molecule has 2 aromatic carbocycles. The average molecular weight is 318 g/mol. The Morgan fingerprint density at radius 1 is 1.09 bits per heavy atom. The molecule has 0 aromatic heterocycles. The fraction of sp³-hybridized carbons (Fsp3) is 0.0714. The summed E-state index contributed by atoms with van der Waals surface area (Å²) in [6, 6.07) is 10.7. The Balaban J connectivity index is 2.12. The molecule has 0 aliphatic carbocycles. The molecule has 2 aromatic rings. The average Bonchev–Trinajstić information content (AvgIpc) is 2.53. The van der Waals surface area contributed by atoms with Gasteiger partial charge in [-0.15, -0.1) is 0 Å². The summed E-state index contributed by atoms with van der Waals surface area (Å²) in [5.74, 6) is 10.7. The zero-order chi connectivity index (χ0) is 15.9. The van der Waals surface area contributed by atoms with Crippen molar-refractivity contribution in [1.82, 2.24) is 5.43 Å². The highest BCUT2D eigenvalue weighted by molar-refractivity contribution is 7.91. The van der Waals surface area contributed by atoms with Gasteiger partial charge in [0.2, 0.25) is 9.84 Å². The molecule has 0 spiro atoms. The molecule has 0 radical (unpaired) electrons. The number of rotatable bonds is 1. The maximum atomic E-state index is 12.6. The standard InChI is InChI=1S/C14H14N4O3S/c15-17-14(19)18(16)11-5-6-13-10(8-11)7-9-3-1-2-4-12(9)22(13,20)21/h1-6,8H,7,15-16H2,(H,17,19). The van der Waals surface area contributed by atoms with E-state index in [0.29, 0.717) is 22.6 Å². The molecule has 0 saturated carbocycles. The number of urea groups is 1. The first kappa shape index (κ1) is 14.5. The number of carbonyl (C=O) groups excluding carboxylic acids is 1. The highest BCUT2D eigenvalue weighted by atomic mass is 32.2. The van der Waals surface area contributed by atoms with Crippen LogP contribution in [0.1, 0.15) is 11.1 Å². The lowest BCUT2D eigenvalue weighted by atomic mass is 10.0. The van der Waals surface area contributed by atoms with Crippen molar-refractivity contribution in [3.63, 3.8) is 0 Å². The van der Waals surface area contributed by atoms with Crippen LogP contribution in [0.25, 0.3) is 0 Å². The van der Waals surface area contributed by atoms with E-state index in [2.05, 4.69) is 0 Å². The number of nitrogens with one attached hydrogen (secondary N) is 1. The van der Waals surface area contributed by atoms with Gasteiger partial charge in [0, 0.05) is 6.42 Å². The van der Waals surface area contributed by atoms with Gasteiger partial charge in [-0.3, -0.25) is 5.43 Å². The zero-order valence-electron chi connectivity index (χ0n) is 11.5. The quantitative estimate of drug-likeness (QED) is 0.346. The lowest BCUT2D eigenvalue weighted by Crippen LogP contribution is -2.47. The second kappa shape index (κ2) is 5.09. The van der Waals surface area contributed by atoms with Crippen molar-refractivity contribution in [1.29, 1.82) is 0 Å². The Hall–Kier alpha value is -2.42. The largest absolute Gasteiger partial charge is 0.350 e. The third-order valence-corrected chi connectivity index (χ3v) is 5.55. The van der Waals surface area contributed by atoms with Gasteiger partial charge in [-0.25, -0.2) is 29.9 Å². The predicted octanol–water partition coefficient (Wildman–Crippen LogP) is 0.687. The fourth-order valence-corrected chi connectivity index (χ4v) is 4.24. The van der Waals surface area contributed by atoms with Crippen LogP contribution in [-0.4, -0.2) is 14.4 Å². The number of nitrogens with zero attached hydrogens (tertiary/aromatic N) is 1. The first-order valence-electron chi connectivity index (χ1n) is 6.46. The van der Waals surface area contributed by atoms with Crippen molar-refractivity contribution >= 4 is 21.6 Å². The maximum Gasteiger partial charge on any atom is 0.350 e. The number of hydrogen-bond donors (Lipinski definition) is 3. The minimum atomic E-state index is -3.55. The summed E-state index contributed by atoms with van der Waals surface area (Å²) < 4.78 is 25.2. The number of anilines is 1. The number of sulfone groups is 1. The Labute approximate surface area is 127 Å². The van der Waals surface area contributed by atoms with Crippen molar-refractivity contribution in [3.8, 4) is 0 Å². The van der Waals surface area contributed by atoms with Crippen LogP contribution in [0, 0.1) is 0 Å². The number of hydrogen-bond acceptors (Lipinski definition) is 5. The van der Waals surface area contributed by atoms with E-state index >= 15 is 0 Å². The molecule has 22 heavy (non-hydrogen) atoms. The Morgan fingerprint density at radius 3 is 2.50 bits per heavy atom. The number of amides is 2. The summed E-state index contributed by atoms with van der Waals surface area (Å²) in [5.41, 5.74) is 3.59. The number of hydrazine groups is 2. The summed E-state index contributed by atoms with van der Waals surface area (Å²) in [7, 11) is -3.55. The van der Waals surface area contributed by atoms with E-state index in [1.807, 2.05) is 5.43 Å². The second-order valence-electron chi connectivity index (χ2n) is 4.90. The van der Waals surface area contributed by atoms with Crippen LogP contribution in [-0.2, 0) is 16.3 Å². The summed E-state index contributed by atoms with van der Waals surface area (Å²) in [6.45, 7) is 0. The first-order chi connectivity index (χ1) is 10.4. The van der Waals surface area contributed by atoms with E-state index in [1.54, 1.807) is 30.3 Å². The summed E-state index contributed by atoms with van der Waals surface area (Å²) in [5, 5.41) is 0.827. The summed E-state index contributed by atoms with van der Waals surface area (Å²) in [6.07, 6.45) is 0.455. The highest BCUT2D eigenvalue weighted by Gasteiger charge is 2.29. The summed E-state index contributed by atoms with van der Waals surface area (Å²) >= 11 is 0. The van der Waals surface area contributed by atoms with Gasteiger partial charge in [0.15, 0.2) is 0 Å². The zero-order valence-corrected chi connectivity index (χ0v) is 12.3. The molecule has 2 amide bonds. The molecule has 8 heteroatoms. The normalized spacial score (nSPS) is 14.6. The van der Waals surface area contributed by atoms with E-state index in [0.717, 1.165) is 10.6 Å². The molecule has 0 unspecified atom stereocenters. The molecule has 114 valence electrons. The van der Waals surface area contributed by atoms with Crippen molar-refractivity contribution in [2.24, 2.45) is 11.7 Å². The first-order valence-corrected chi connectivity index (χ1v) is 7.95.